The number of carbonyl (C=O) groups excluding carboxylic acids is 1. The standard InChI is InChI=1S/C22H17F2N3OS2/c23-15-12-18(24)21-19(13-15)30-22(26-21)27(14-16-6-4-5-10-25-16)20(28)9-11-29-17-7-2-1-3-8-17/h1-8,10,12-13H,9,11,14H2. The summed E-state index contributed by atoms with van der Waals surface area (Å²) < 4.78 is 28.1. The molecule has 2 aromatic carbocycles. The van der Waals surface area contributed by atoms with Gasteiger partial charge in [-0.25, -0.2) is 13.8 Å². The van der Waals surface area contributed by atoms with Gasteiger partial charge in [0.2, 0.25) is 5.91 Å². The Morgan fingerprint density at radius 3 is 2.63 bits per heavy atom. The van der Waals surface area contributed by atoms with E-state index in [1.54, 1.807) is 24.0 Å². The van der Waals surface area contributed by atoms with E-state index in [4.69, 9.17) is 0 Å². The topological polar surface area (TPSA) is 46.1 Å². The molecule has 4 nitrogen and oxygen atoms in total. The van der Waals surface area contributed by atoms with Crippen molar-refractivity contribution in [1.82, 2.24) is 9.97 Å². The zero-order chi connectivity index (χ0) is 20.9. The molecule has 0 saturated heterocycles. The molecule has 0 spiro atoms. The Labute approximate surface area is 180 Å². The molecule has 2 heterocycles. The first kappa shape index (κ1) is 20.4. The molecule has 30 heavy (non-hydrogen) atoms. The van der Waals surface area contributed by atoms with Gasteiger partial charge >= 0.3 is 0 Å². The van der Waals surface area contributed by atoms with Gasteiger partial charge in [0.1, 0.15) is 11.3 Å². The molecule has 0 saturated carbocycles. The highest BCUT2D eigenvalue weighted by Crippen LogP contribution is 2.32. The summed E-state index contributed by atoms with van der Waals surface area (Å²) in [6.45, 7) is 0.208. The minimum atomic E-state index is -0.739. The van der Waals surface area contributed by atoms with Gasteiger partial charge in [-0.15, -0.1) is 11.8 Å². The summed E-state index contributed by atoms with van der Waals surface area (Å²) in [5, 5.41) is 0.329. The fourth-order valence-corrected chi connectivity index (χ4v) is 4.77. The molecule has 0 aliphatic rings. The molecule has 152 valence electrons. The van der Waals surface area contributed by atoms with Gasteiger partial charge in [0, 0.05) is 29.3 Å². The second kappa shape index (κ2) is 9.32. The number of carbonyl (C=O) groups is 1. The van der Waals surface area contributed by atoms with Gasteiger partial charge < -0.3 is 0 Å². The number of rotatable bonds is 7. The third-order valence-electron chi connectivity index (χ3n) is 4.31. The number of thiazole rings is 1. The quantitative estimate of drug-likeness (QED) is 0.346. The largest absolute Gasteiger partial charge is 0.282 e. The molecule has 0 aliphatic heterocycles. The van der Waals surface area contributed by atoms with E-state index in [1.165, 1.54) is 11.0 Å². The molecule has 0 bridgehead atoms. The van der Waals surface area contributed by atoms with Gasteiger partial charge in [0.15, 0.2) is 10.9 Å². The Morgan fingerprint density at radius 2 is 1.87 bits per heavy atom. The first-order valence-electron chi connectivity index (χ1n) is 9.24. The molecule has 4 rings (SSSR count). The summed E-state index contributed by atoms with van der Waals surface area (Å²) in [5.74, 6) is -0.964. The maximum Gasteiger partial charge on any atom is 0.229 e. The first-order valence-corrected chi connectivity index (χ1v) is 11.0. The van der Waals surface area contributed by atoms with Crippen molar-refractivity contribution >= 4 is 44.4 Å². The van der Waals surface area contributed by atoms with Gasteiger partial charge in [-0.3, -0.25) is 14.7 Å². The van der Waals surface area contributed by atoms with Crippen molar-refractivity contribution in [2.45, 2.75) is 17.9 Å². The van der Waals surface area contributed by atoms with Crippen LogP contribution >= 0.6 is 23.1 Å². The molecule has 0 aliphatic carbocycles. The van der Waals surface area contributed by atoms with Gasteiger partial charge in [0.25, 0.3) is 0 Å². The fraction of sp³-hybridized carbons (Fsp3) is 0.136. The highest BCUT2D eigenvalue weighted by atomic mass is 32.2. The lowest BCUT2D eigenvalue weighted by Crippen LogP contribution is -2.30. The number of anilines is 1. The van der Waals surface area contributed by atoms with Crippen LogP contribution in [-0.2, 0) is 11.3 Å². The monoisotopic (exact) mass is 441 g/mol. The molecule has 8 heteroatoms. The van der Waals surface area contributed by atoms with Crippen LogP contribution in [0.1, 0.15) is 12.1 Å². The molecule has 0 atom stereocenters. The number of nitrogens with zero attached hydrogens (tertiary/aromatic N) is 3. The number of amides is 1. The Balaban J connectivity index is 1.57. The summed E-state index contributed by atoms with van der Waals surface area (Å²) in [6.07, 6.45) is 1.93. The summed E-state index contributed by atoms with van der Waals surface area (Å²) in [7, 11) is 0. The molecule has 4 aromatic rings. The van der Waals surface area contributed by atoms with Crippen molar-refractivity contribution in [2.24, 2.45) is 0 Å². The number of hydrogen-bond donors (Lipinski definition) is 0. The molecular weight excluding hydrogens is 424 g/mol. The SMILES string of the molecule is O=C(CCSc1ccccc1)N(Cc1ccccn1)c1nc2c(F)cc(F)cc2s1. The Morgan fingerprint density at radius 1 is 1.07 bits per heavy atom. The lowest BCUT2D eigenvalue weighted by Gasteiger charge is -2.19. The highest BCUT2D eigenvalue weighted by Gasteiger charge is 2.22. The van der Waals surface area contributed by atoms with E-state index in [0.29, 0.717) is 21.3 Å². The predicted molar refractivity (Wildman–Crippen MR) is 117 cm³/mol. The maximum absolute atomic E-state index is 14.1. The molecule has 2 aromatic heterocycles. The molecule has 0 fully saturated rings. The molecule has 0 N–H and O–H groups in total. The summed E-state index contributed by atoms with van der Waals surface area (Å²) in [6, 6.07) is 17.3. The van der Waals surface area contributed by atoms with E-state index >= 15 is 0 Å². The zero-order valence-electron chi connectivity index (χ0n) is 15.8. The Kier molecular flexibility index (Phi) is 6.35. The minimum absolute atomic E-state index is 0.0638. The third-order valence-corrected chi connectivity index (χ3v) is 6.35. The van der Waals surface area contributed by atoms with E-state index in [-0.39, 0.29) is 24.4 Å². The highest BCUT2D eigenvalue weighted by molar-refractivity contribution is 7.99. The van der Waals surface area contributed by atoms with Crippen molar-refractivity contribution in [3.05, 3.63) is 84.2 Å². The van der Waals surface area contributed by atoms with Crippen molar-refractivity contribution in [3.63, 3.8) is 0 Å². The number of halogens is 2. The maximum atomic E-state index is 14.1. The van der Waals surface area contributed by atoms with Crippen LogP contribution in [0.15, 0.2) is 71.8 Å². The number of hydrogen-bond acceptors (Lipinski definition) is 5. The van der Waals surface area contributed by atoms with Crippen LogP contribution in [0, 0.1) is 11.6 Å². The van der Waals surface area contributed by atoms with Crippen molar-refractivity contribution in [2.75, 3.05) is 10.7 Å². The smallest absolute Gasteiger partial charge is 0.229 e. The average molecular weight is 442 g/mol. The Hall–Kier alpha value is -2.84. The van der Waals surface area contributed by atoms with Crippen LogP contribution < -0.4 is 4.90 Å². The van der Waals surface area contributed by atoms with Crippen LogP contribution in [-0.4, -0.2) is 21.6 Å². The van der Waals surface area contributed by atoms with Gasteiger partial charge in [-0.1, -0.05) is 35.6 Å². The van der Waals surface area contributed by atoms with E-state index < -0.39 is 11.6 Å². The number of benzene rings is 2. The van der Waals surface area contributed by atoms with Crippen LogP contribution in [0.25, 0.3) is 10.2 Å². The zero-order valence-corrected chi connectivity index (χ0v) is 17.4. The van der Waals surface area contributed by atoms with Crippen LogP contribution in [0.4, 0.5) is 13.9 Å². The molecule has 0 unspecified atom stereocenters. The minimum Gasteiger partial charge on any atom is -0.282 e. The lowest BCUT2D eigenvalue weighted by molar-refractivity contribution is -0.118. The van der Waals surface area contributed by atoms with E-state index in [2.05, 4.69) is 9.97 Å². The predicted octanol–water partition coefficient (Wildman–Crippen LogP) is 5.69. The summed E-state index contributed by atoms with van der Waals surface area (Å²) >= 11 is 2.68. The van der Waals surface area contributed by atoms with Crippen molar-refractivity contribution < 1.29 is 13.6 Å². The number of thioether (sulfide) groups is 1. The van der Waals surface area contributed by atoms with E-state index in [1.807, 2.05) is 42.5 Å². The second-order valence-corrected chi connectivity index (χ2v) is 8.62. The molecule has 0 radical (unpaired) electrons. The first-order chi connectivity index (χ1) is 14.6. The van der Waals surface area contributed by atoms with Crippen LogP contribution in [0.2, 0.25) is 0 Å². The van der Waals surface area contributed by atoms with Gasteiger partial charge in [0.05, 0.1) is 16.9 Å². The summed E-state index contributed by atoms with van der Waals surface area (Å²) in [4.78, 5) is 24.2. The van der Waals surface area contributed by atoms with Crippen LogP contribution in [0.5, 0.6) is 0 Å². The molecule has 1 amide bonds. The Bertz CT molecular complexity index is 1150. The van der Waals surface area contributed by atoms with E-state index in [0.717, 1.165) is 22.3 Å². The van der Waals surface area contributed by atoms with Crippen molar-refractivity contribution in [1.29, 1.82) is 0 Å². The second-order valence-electron chi connectivity index (χ2n) is 6.44. The number of pyridine rings is 1. The fourth-order valence-electron chi connectivity index (χ4n) is 2.88. The average Bonchev–Trinajstić information content (AvgIpc) is 3.17. The van der Waals surface area contributed by atoms with Gasteiger partial charge in [-0.05, 0) is 30.3 Å². The van der Waals surface area contributed by atoms with Crippen LogP contribution in [0.3, 0.4) is 0 Å². The number of aromatic nitrogens is 2. The van der Waals surface area contributed by atoms with E-state index in [9.17, 15) is 13.6 Å². The lowest BCUT2D eigenvalue weighted by atomic mass is 10.3. The molecular formula is C22H17F2N3OS2. The summed E-state index contributed by atoms with van der Waals surface area (Å²) in [5.41, 5.74) is 0.751. The van der Waals surface area contributed by atoms with Crippen molar-refractivity contribution in [3.8, 4) is 0 Å². The third kappa shape index (κ3) is 4.83. The van der Waals surface area contributed by atoms with Gasteiger partial charge in [-0.2, -0.15) is 0 Å². The normalized spacial score (nSPS) is 11.0. The number of fused-ring (bicyclic) bond motifs is 1.